The van der Waals surface area contributed by atoms with Gasteiger partial charge >= 0.3 is 0 Å². The second-order valence-corrected chi connectivity index (χ2v) is 6.13. The molecule has 3 nitrogen and oxygen atoms in total. The van der Waals surface area contributed by atoms with Crippen LogP contribution in [0.5, 0.6) is 0 Å². The lowest BCUT2D eigenvalue weighted by molar-refractivity contribution is 0.582. The van der Waals surface area contributed by atoms with Crippen molar-refractivity contribution in [3.05, 3.63) is 56.3 Å². The molecule has 0 saturated carbocycles. The van der Waals surface area contributed by atoms with E-state index in [0.717, 1.165) is 32.9 Å². The van der Waals surface area contributed by atoms with Crippen molar-refractivity contribution >= 4 is 27.5 Å². The Morgan fingerprint density at radius 3 is 2.65 bits per heavy atom. The molecule has 0 radical (unpaired) electrons. The third kappa shape index (κ3) is 3.57. The van der Waals surface area contributed by atoms with Crippen LogP contribution in [-0.2, 0) is 6.42 Å². The minimum Gasteiger partial charge on any atom is -0.313 e. The average Bonchev–Trinajstić information content (AvgIpc) is 2.41. The first-order valence-electron chi connectivity index (χ1n) is 6.43. The molecule has 0 spiro atoms. The molecule has 2 rings (SSSR count). The van der Waals surface area contributed by atoms with Crippen LogP contribution >= 0.6 is 27.5 Å². The van der Waals surface area contributed by atoms with Crippen LogP contribution in [0.3, 0.4) is 0 Å². The molecule has 106 valence electrons. The lowest BCUT2D eigenvalue weighted by Gasteiger charge is -2.19. The van der Waals surface area contributed by atoms with Gasteiger partial charge in [0.1, 0.15) is 0 Å². The first-order chi connectivity index (χ1) is 9.51. The number of likely N-dealkylation sites (N-methyl/N-ethyl adjacent to an activating group) is 1. The second kappa shape index (κ2) is 6.66. The largest absolute Gasteiger partial charge is 0.313 e. The van der Waals surface area contributed by atoms with Crippen LogP contribution < -0.4 is 5.32 Å². The SMILES string of the molecule is CNC(Cc1ccc(Br)cc1Cl)c1cc(C)nnc1C. The summed E-state index contributed by atoms with van der Waals surface area (Å²) in [7, 11) is 1.95. The van der Waals surface area contributed by atoms with E-state index in [0.29, 0.717) is 0 Å². The lowest BCUT2D eigenvalue weighted by Crippen LogP contribution is -2.21. The molecule has 0 amide bonds. The highest BCUT2D eigenvalue weighted by atomic mass is 79.9. The van der Waals surface area contributed by atoms with Crippen LogP contribution in [0.2, 0.25) is 5.02 Å². The molecule has 0 aliphatic heterocycles. The van der Waals surface area contributed by atoms with Gasteiger partial charge in [-0.3, -0.25) is 0 Å². The Morgan fingerprint density at radius 1 is 1.25 bits per heavy atom. The van der Waals surface area contributed by atoms with Crippen LogP contribution in [0.4, 0.5) is 0 Å². The number of hydrogen-bond donors (Lipinski definition) is 1. The molecular weight excluding hydrogens is 338 g/mol. The molecule has 0 aliphatic rings. The molecule has 0 saturated heterocycles. The van der Waals surface area contributed by atoms with Gasteiger partial charge in [0.25, 0.3) is 0 Å². The number of aromatic nitrogens is 2. The fraction of sp³-hybridized carbons (Fsp3) is 0.333. The van der Waals surface area contributed by atoms with Crippen molar-refractivity contribution < 1.29 is 0 Å². The number of aryl methyl sites for hydroxylation is 2. The summed E-state index contributed by atoms with van der Waals surface area (Å²) in [5, 5.41) is 12.4. The summed E-state index contributed by atoms with van der Waals surface area (Å²) >= 11 is 9.73. The van der Waals surface area contributed by atoms with Gasteiger partial charge in [-0.15, -0.1) is 0 Å². The van der Waals surface area contributed by atoms with Crippen LogP contribution in [0, 0.1) is 13.8 Å². The van der Waals surface area contributed by atoms with Crippen molar-refractivity contribution in [2.75, 3.05) is 7.05 Å². The van der Waals surface area contributed by atoms with Gasteiger partial charge in [0.2, 0.25) is 0 Å². The minimum atomic E-state index is 0.169. The molecule has 0 fully saturated rings. The summed E-state index contributed by atoms with van der Waals surface area (Å²) in [6.07, 6.45) is 0.814. The standard InChI is InChI=1S/C15H17BrClN3/c1-9-6-13(10(2)20-19-9)15(18-3)7-11-4-5-12(16)8-14(11)17/h4-6,8,15,18H,7H2,1-3H3. The zero-order valence-electron chi connectivity index (χ0n) is 11.7. The fourth-order valence-corrected chi connectivity index (χ4v) is 2.95. The maximum Gasteiger partial charge on any atom is 0.0648 e. The topological polar surface area (TPSA) is 37.8 Å². The van der Waals surface area contributed by atoms with Crippen molar-refractivity contribution in [3.63, 3.8) is 0 Å². The van der Waals surface area contributed by atoms with Gasteiger partial charge in [-0.1, -0.05) is 33.6 Å². The molecule has 1 aromatic carbocycles. The average molecular weight is 355 g/mol. The second-order valence-electron chi connectivity index (χ2n) is 4.81. The van der Waals surface area contributed by atoms with E-state index < -0.39 is 0 Å². The van der Waals surface area contributed by atoms with E-state index in [2.05, 4.69) is 37.5 Å². The van der Waals surface area contributed by atoms with Gasteiger partial charge < -0.3 is 5.32 Å². The number of nitrogens with one attached hydrogen (secondary N) is 1. The predicted octanol–water partition coefficient (Wildman–Crippen LogP) is 4.01. The van der Waals surface area contributed by atoms with Crippen LogP contribution in [0.15, 0.2) is 28.7 Å². The first kappa shape index (κ1) is 15.4. The molecule has 5 heteroatoms. The van der Waals surface area contributed by atoms with Gasteiger partial charge in [-0.05, 0) is 56.6 Å². The maximum absolute atomic E-state index is 6.30. The van der Waals surface area contributed by atoms with E-state index in [1.165, 1.54) is 5.56 Å². The summed E-state index contributed by atoms with van der Waals surface area (Å²) < 4.78 is 0.991. The Bertz CT molecular complexity index is 616. The number of hydrogen-bond acceptors (Lipinski definition) is 3. The van der Waals surface area contributed by atoms with Gasteiger partial charge in [-0.25, -0.2) is 0 Å². The summed E-state index contributed by atoms with van der Waals surface area (Å²) in [6.45, 7) is 3.94. The minimum absolute atomic E-state index is 0.169. The predicted molar refractivity (Wildman–Crippen MR) is 86.2 cm³/mol. The Labute approximate surface area is 132 Å². The maximum atomic E-state index is 6.30. The summed E-state index contributed by atoms with van der Waals surface area (Å²) in [6, 6.07) is 8.23. The zero-order chi connectivity index (χ0) is 14.7. The highest BCUT2D eigenvalue weighted by Crippen LogP contribution is 2.27. The highest BCUT2D eigenvalue weighted by molar-refractivity contribution is 9.10. The molecule has 1 unspecified atom stereocenters. The van der Waals surface area contributed by atoms with E-state index in [4.69, 9.17) is 11.6 Å². The summed E-state index contributed by atoms with van der Waals surface area (Å²) in [4.78, 5) is 0. The van der Waals surface area contributed by atoms with Crippen molar-refractivity contribution in [2.45, 2.75) is 26.3 Å². The van der Waals surface area contributed by atoms with Gasteiger partial charge in [0.15, 0.2) is 0 Å². The molecular formula is C15H17BrClN3. The number of halogens is 2. The van der Waals surface area contributed by atoms with Crippen LogP contribution in [-0.4, -0.2) is 17.2 Å². The van der Waals surface area contributed by atoms with Crippen LogP contribution in [0.1, 0.15) is 28.6 Å². The molecule has 0 aliphatic carbocycles. The van der Waals surface area contributed by atoms with Crippen molar-refractivity contribution in [3.8, 4) is 0 Å². The Hall–Kier alpha value is -0.970. The van der Waals surface area contributed by atoms with Crippen molar-refractivity contribution in [2.24, 2.45) is 0 Å². The molecule has 1 heterocycles. The van der Waals surface area contributed by atoms with E-state index in [9.17, 15) is 0 Å². The van der Waals surface area contributed by atoms with Gasteiger partial charge in [0.05, 0.1) is 11.4 Å². The van der Waals surface area contributed by atoms with Crippen LogP contribution in [0.25, 0.3) is 0 Å². The Morgan fingerprint density at radius 2 is 2.00 bits per heavy atom. The van der Waals surface area contributed by atoms with Gasteiger partial charge in [-0.2, -0.15) is 10.2 Å². The lowest BCUT2D eigenvalue weighted by atomic mass is 9.98. The highest BCUT2D eigenvalue weighted by Gasteiger charge is 2.15. The molecule has 0 bridgehead atoms. The van der Waals surface area contributed by atoms with E-state index >= 15 is 0 Å². The third-order valence-corrected chi connectivity index (χ3v) is 4.15. The van der Waals surface area contributed by atoms with E-state index in [-0.39, 0.29) is 6.04 Å². The normalized spacial score (nSPS) is 12.4. The molecule has 1 aromatic heterocycles. The van der Waals surface area contributed by atoms with E-state index in [1.807, 2.05) is 39.1 Å². The first-order valence-corrected chi connectivity index (χ1v) is 7.60. The number of rotatable bonds is 4. The zero-order valence-corrected chi connectivity index (χ0v) is 14.1. The van der Waals surface area contributed by atoms with Gasteiger partial charge in [0, 0.05) is 15.5 Å². The van der Waals surface area contributed by atoms with Crippen molar-refractivity contribution in [1.82, 2.24) is 15.5 Å². The van der Waals surface area contributed by atoms with Crippen molar-refractivity contribution in [1.29, 1.82) is 0 Å². The quantitative estimate of drug-likeness (QED) is 0.901. The molecule has 20 heavy (non-hydrogen) atoms. The van der Waals surface area contributed by atoms with E-state index in [1.54, 1.807) is 0 Å². The molecule has 1 atom stereocenters. The molecule has 2 aromatic rings. The smallest absolute Gasteiger partial charge is 0.0648 e. The molecule has 1 N–H and O–H groups in total. The summed E-state index contributed by atoms with van der Waals surface area (Å²) in [5.74, 6) is 0. The number of benzene rings is 1. The summed E-state index contributed by atoms with van der Waals surface area (Å²) in [5.41, 5.74) is 4.15. The fourth-order valence-electron chi connectivity index (χ4n) is 2.20. The third-order valence-electron chi connectivity index (χ3n) is 3.30. The Balaban J connectivity index is 2.31. The Kier molecular flexibility index (Phi) is 5.13. The monoisotopic (exact) mass is 353 g/mol. The number of nitrogens with zero attached hydrogens (tertiary/aromatic N) is 2.